The molecule has 146 valence electrons. The van der Waals surface area contributed by atoms with Crippen molar-refractivity contribution in [3.8, 4) is 5.75 Å². The maximum atomic E-state index is 12.3. The Kier molecular flexibility index (Phi) is 5.83. The minimum absolute atomic E-state index is 0.0510. The molecule has 1 aromatic heterocycles. The lowest BCUT2D eigenvalue weighted by atomic mass is 9.87. The van der Waals surface area contributed by atoms with Crippen molar-refractivity contribution in [3.05, 3.63) is 77.5 Å². The lowest BCUT2D eigenvalue weighted by Gasteiger charge is -2.19. The summed E-state index contributed by atoms with van der Waals surface area (Å²) in [5.74, 6) is 1.11. The zero-order valence-electron chi connectivity index (χ0n) is 16.9. The standard InChI is InChI=1S/C23H27N3O2/c1-17-5-7-18(8-6-17)15-26-21(13-14-24-26)25-22(27)16-28-20-11-9-19(10-12-20)23(2,3)4/h5-14H,15-16H2,1-4H3,(H,25,27). The van der Waals surface area contributed by atoms with E-state index in [-0.39, 0.29) is 17.9 Å². The van der Waals surface area contributed by atoms with Gasteiger partial charge in [-0.05, 0) is 35.6 Å². The van der Waals surface area contributed by atoms with Gasteiger partial charge in [-0.25, -0.2) is 4.68 Å². The van der Waals surface area contributed by atoms with Crippen LogP contribution < -0.4 is 10.1 Å². The van der Waals surface area contributed by atoms with Gasteiger partial charge in [0.25, 0.3) is 5.91 Å². The first-order valence-electron chi connectivity index (χ1n) is 9.42. The number of carbonyl (C=O) groups excluding carboxylic acids is 1. The summed E-state index contributed by atoms with van der Waals surface area (Å²) in [6.45, 7) is 9.09. The molecule has 3 aromatic rings. The first kappa shape index (κ1) is 19.7. The molecule has 0 aliphatic carbocycles. The van der Waals surface area contributed by atoms with Gasteiger partial charge in [-0.2, -0.15) is 5.10 Å². The van der Waals surface area contributed by atoms with E-state index in [1.165, 1.54) is 11.1 Å². The Balaban J connectivity index is 1.55. The Morgan fingerprint density at radius 1 is 1.04 bits per heavy atom. The summed E-state index contributed by atoms with van der Waals surface area (Å²) in [6.07, 6.45) is 1.68. The number of aromatic nitrogens is 2. The summed E-state index contributed by atoms with van der Waals surface area (Å²) in [5.41, 5.74) is 3.65. The molecule has 0 aliphatic heterocycles. The number of anilines is 1. The smallest absolute Gasteiger partial charge is 0.263 e. The largest absolute Gasteiger partial charge is 0.484 e. The van der Waals surface area contributed by atoms with Gasteiger partial charge in [0.15, 0.2) is 6.61 Å². The van der Waals surface area contributed by atoms with Crippen LogP contribution in [-0.2, 0) is 16.8 Å². The molecule has 5 nitrogen and oxygen atoms in total. The molecule has 2 aromatic carbocycles. The molecule has 1 heterocycles. The molecule has 28 heavy (non-hydrogen) atoms. The third-order valence-corrected chi connectivity index (χ3v) is 4.53. The number of nitrogens with zero attached hydrogens (tertiary/aromatic N) is 2. The van der Waals surface area contributed by atoms with Crippen molar-refractivity contribution in [2.45, 2.75) is 39.7 Å². The Morgan fingerprint density at radius 3 is 2.36 bits per heavy atom. The molecule has 1 N–H and O–H groups in total. The molecule has 5 heteroatoms. The summed E-state index contributed by atoms with van der Waals surface area (Å²) in [6, 6.07) is 17.9. The molecule has 3 rings (SSSR count). The van der Waals surface area contributed by atoms with Crippen molar-refractivity contribution in [2.75, 3.05) is 11.9 Å². The van der Waals surface area contributed by atoms with Crippen LogP contribution in [0.25, 0.3) is 0 Å². The van der Waals surface area contributed by atoms with Gasteiger partial charge < -0.3 is 10.1 Å². The molecule has 0 atom stereocenters. The van der Waals surface area contributed by atoms with Crippen molar-refractivity contribution in [3.63, 3.8) is 0 Å². The third-order valence-electron chi connectivity index (χ3n) is 4.53. The fraction of sp³-hybridized carbons (Fsp3) is 0.304. The predicted molar refractivity (Wildman–Crippen MR) is 112 cm³/mol. The molecule has 0 spiro atoms. The number of rotatable bonds is 6. The van der Waals surface area contributed by atoms with Gasteiger partial charge in [-0.3, -0.25) is 4.79 Å². The van der Waals surface area contributed by atoms with Crippen LogP contribution in [0.1, 0.15) is 37.5 Å². The van der Waals surface area contributed by atoms with E-state index in [9.17, 15) is 4.79 Å². The van der Waals surface area contributed by atoms with Crippen molar-refractivity contribution in [1.29, 1.82) is 0 Å². The highest BCUT2D eigenvalue weighted by atomic mass is 16.5. The van der Waals surface area contributed by atoms with Crippen LogP contribution in [0.5, 0.6) is 5.75 Å². The van der Waals surface area contributed by atoms with Crippen LogP contribution in [0.4, 0.5) is 5.82 Å². The van der Waals surface area contributed by atoms with E-state index in [4.69, 9.17) is 4.74 Å². The topological polar surface area (TPSA) is 56.2 Å². The number of hydrogen-bond donors (Lipinski definition) is 1. The zero-order chi connectivity index (χ0) is 20.1. The molecular formula is C23H27N3O2. The highest BCUT2D eigenvalue weighted by molar-refractivity contribution is 5.91. The summed E-state index contributed by atoms with van der Waals surface area (Å²) in [5, 5.41) is 7.16. The average molecular weight is 377 g/mol. The number of carbonyl (C=O) groups is 1. The van der Waals surface area contributed by atoms with Gasteiger partial charge in [-0.1, -0.05) is 62.7 Å². The van der Waals surface area contributed by atoms with Gasteiger partial charge in [0.1, 0.15) is 11.6 Å². The molecule has 1 amide bonds. The van der Waals surface area contributed by atoms with E-state index in [0.29, 0.717) is 18.1 Å². The molecule has 0 aliphatic rings. The lowest BCUT2D eigenvalue weighted by Crippen LogP contribution is -2.22. The molecule has 0 saturated heterocycles. The molecule has 0 bridgehead atoms. The van der Waals surface area contributed by atoms with Crippen molar-refractivity contribution >= 4 is 11.7 Å². The maximum Gasteiger partial charge on any atom is 0.263 e. The average Bonchev–Trinajstić information content (AvgIpc) is 3.08. The summed E-state index contributed by atoms with van der Waals surface area (Å²) in [4.78, 5) is 12.3. The highest BCUT2D eigenvalue weighted by Crippen LogP contribution is 2.24. The number of aryl methyl sites for hydroxylation is 1. The fourth-order valence-electron chi connectivity index (χ4n) is 2.81. The van der Waals surface area contributed by atoms with Gasteiger partial charge in [0.05, 0.1) is 12.7 Å². The number of amides is 1. The molecule has 0 unspecified atom stereocenters. The van der Waals surface area contributed by atoms with Crippen molar-refractivity contribution in [2.24, 2.45) is 0 Å². The van der Waals surface area contributed by atoms with Crippen LogP contribution in [0.2, 0.25) is 0 Å². The van der Waals surface area contributed by atoms with E-state index in [1.807, 2.05) is 24.3 Å². The number of nitrogens with one attached hydrogen (secondary N) is 1. The zero-order valence-corrected chi connectivity index (χ0v) is 16.9. The molecule has 0 saturated carbocycles. The molecule has 0 radical (unpaired) electrons. The third kappa shape index (κ3) is 5.22. The summed E-state index contributed by atoms with van der Waals surface area (Å²) >= 11 is 0. The predicted octanol–water partition coefficient (Wildman–Crippen LogP) is 4.55. The number of ether oxygens (including phenoxy) is 1. The Morgan fingerprint density at radius 2 is 1.71 bits per heavy atom. The number of benzene rings is 2. The van der Waals surface area contributed by atoms with Crippen LogP contribution in [0, 0.1) is 6.92 Å². The van der Waals surface area contributed by atoms with Crippen LogP contribution in [0.15, 0.2) is 60.8 Å². The minimum atomic E-state index is -0.217. The minimum Gasteiger partial charge on any atom is -0.484 e. The second-order valence-corrected chi connectivity index (χ2v) is 7.97. The Labute approximate surface area is 166 Å². The highest BCUT2D eigenvalue weighted by Gasteiger charge is 2.13. The Hall–Kier alpha value is -3.08. The monoisotopic (exact) mass is 377 g/mol. The first-order chi connectivity index (χ1) is 13.3. The van der Waals surface area contributed by atoms with E-state index in [0.717, 1.165) is 5.56 Å². The fourth-order valence-corrected chi connectivity index (χ4v) is 2.81. The van der Waals surface area contributed by atoms with Crippen LogP contribution >= 0.6 is 0 Å². The van der Waals surface area contributed by atoms with Crippen LogP contribution in [-0.4, -0.2) is 22.3 Å². The van der Waals surface area contributed by atoms with Gasteiger partial charge in [-0.15, -0.1) is 0 Å². The Bertz CT molecular complexity index is 920. The van der Waals surface area contributed by atoms with E-state index < -0.39 is 0 Å². The second-order valence-electron chi connectivity index (χ2n) is 7.97. The second kappa shape index (κ2) is 8.30. The SMILES string of the molecule is Cc1ccc(Cn2nccc2NC(=O)COc2ccc(C(C)(C)C)cc2)cc1. The lowest BCUT2D eigenvalue weighted by molar-refractivity contribution is -0.118. The van der Waals surface area contributed by atoms with E-state index >= 15 is 0 Å². The normalized spacial score (nSPS) is 11.3. The van der Waals surface area contributed by atoms with E-state index in [1.54, 1.807) is 16.9 Å². The van der Waals surface area contributed by atoms with E-state index in [2.05, 4.69) is 62.4 Å². The van der Waals surface area contributed by atoms with Crippen molar-refractivity contribution in [1.82, 2.24) is 9.78 Å². The summed E-state index contributed by atoms with van der Waals surface area (Å²) < 4.78 is 7.38. The number of hydrogen-bond acceptors (Lipinski definition) is 3. The van der Waals surface area contributed by atoms with Crippen LogP contribution in [0.3, 0.4) is 0 Å². The van der Waals surface area contributed by atoms with Crippen molar-refractivity contribution < 1.29 is 9.53 Å². The van der Waals surface area contributed by atoms with Gasteiger partial charge in [0.2, 0.25) is 0 Å². The molecular weight excluding hydrogens is 350 g/mol. The summed E-state index contributed by atoms with van der Waals surface area (Å²) in [7, 11) is 0. The maximum absolute atomic E-state index is 12.3. The van der Waals surface area contributed by atoms with Gasteiger partial charge in [0, 0.05) is 6.07 Å². The first-order valence-corrected chi connectivity index (χ1v) is 9.42. The quantitative estimate of drug-likeness (QED) is 0.685. The van der Waals surface area contributed by atoms with Gasteiger partial charge >= 0.3 is 0 Å². The molecule has 0 fully saturated rings.